The number of piperazine rings is 1. The zero-order chi connectivity index (χ0) is 61.7. The predicted molar refractivity (Wildman–Crippen MR) is 336 cm³/mol. The maximum absolute atomic E-state index is 14.2. The Morgan fingerprint density at radius 3 is 2.43 bits per heavy atom. The number of pyridine rings is 1. The van der Waals surface area contributed by atoms with E-state index in [1.54, 1.807) is 42.6 Å². The van der Waals surface area contributed by atoms with E-state index >= 15 is 0 Å². The second-order valence-electron chi connectivity index (χ2n) is 24.2. The van der Waals surface area contributed by atoms with Gasteiger partial charge >= 0.3 is 0 Å². The Bertz CT molecular complexity index is 3910. The van der Waals surface area contributed by atoms with Crippen molar-refractivity contribution in [2.24, 2.45) is 11.3 Å². The quantitative estimate of drug-likeness (QED) is 0.0182. The molecule has 2 aromatic heterocycles. The number of likely N-dealkylation sites (tertiary alicyclic amines) is 1. The third kappa shape index (κ3) is 14.1. The monoisotopic (exact) mass is 1230 g/mol. The van der Waals surface area contributed by atoms with Crippen LogP contribution in [0, 0.1) is 33.3 Å². The van der Waals surface area contributed by atoms with Crippen LogP contribution >= 0.6 is 11.6 Å². The van der Waals surface area contributed by atoms with Gasteiger partial charge in [0.05, 0.1) is 32.7 Å². The van der Waals surface area contributed by atoms with Gasteiger partial charge in [-0.25, -0.2) is 18.1 Å². The van der Waals surface area contributed by atoms with Crippen LogP contribution in [0.25, 0.3) is 16.6 Å². The highest BCUT2D eigenvalue weighted by molar-refractivity contribution is 7.90. The van der Waals surface area contributed by atoms with Crippen molar-refractivity contribution in [3.8, 4) is 23.3 Å². The van der Waals surface area contributed by atoms with E-state index in [0.717, 1.165) is 124 Å². The molecule has 458 valence electrons. The lowest BCUT2D eigenvalue weighted by molar-refractivity contribution is -0.384. The van der Waals surface area contributed by atoms with Crippen molar-refractivity contribution in [2.75, 3.05) is 69.1 Å². The average molecular weight is 1230 g/mol. The minimum absolute atomic E-state index is 0.0468. The lowest BCUT2D eigenvalue weighted by atomic mass is 9.72. The van der Waals surface area contributed by atoms with Crippen LogP contribution < -0.4 is 25.0 Å². The molecule has 6 aromatic rings. The van der Waals surface area contributed by atoms with E-state index in [1.165, 1.54) is 41.1 Å². The molecule has 11 rings (SSSR count). The first-order valence-corrected chi connectivity index (χ1v) is 32.1. The number of hydrogen-bond donors (Lipinski definition) is 4. The van der Waals surface area contributed by atoms with Crippen molar-refractivity contribution in [3.63, 3.8) is 0 Å². The van der Waals surface area contributed by atoms with Crippen molar-refractivity contribution >= 4 is 84.8 Å². The van der Waals surface area contributed by atoms with Crippen LogP contribution in [-0.4, -0.2) is 132 Å². The molecule has 6 heterocycles. The number of amides is 5. The number of carbonyl (C=O) groups excluding carboxylic acids is 5. The van der Waals surface area contributed by atoms with Crippen LogP contribution in [0.4, 0.5) is 17.1 Å². The fraction of sp³-hybridized carbons (Fsp3) is 0.394. The van der Waals surface area contributed by atoms with Crippen molar-refractivity contribution in [1.82, 2.24) is 34.7 Å². The normalized spacial score (nSPS) is 18.5. The van der Waals surface area contributed by atoms with Gasteiger partial charge in [0.25, 0.3) is 33.4 Å². The van der Waals surface area contributed by atoms with Gasteiger partial charge in [0.15, 0.2) is 0 Å². The number of aromatic nitrogens is 2. The molecule has 5 amide bonds. The van der Waals surface area contributed by atoms with Gasteiger partial charge in [0.1, 0.15) is 28.9 Å². The van der Waals surface area contributed by atoms with Crippen LogP contribution in [-0.2, 0) is 19.6 Å². The summed E-state index contributed by atoms with van der Waals surface area (Å²) in [4.78, 5) is 91.8. The fourth-order valence-corrected chi connectivity index (χ4v) is 13.7. The Labute approximate surface area is 516 Å². The van der Waals surface area contributed by atoms with Gasteiger partial charge in [-0.2, -0.15) is 0 Å². The number of ether oxygens (including phenoxy) is 1. The number of nitrogens with zero attached hydrogens (tertiary/aromatic N) is 6. The molecule has 0 radical (unpaired) electrons. The summed E-state index contributed by atoms with van der Waals surface area (Å²) < 4.78 is 36.5. The Balaban J connectivity index is 0.658. The number of sulfonamides is 1. The molecule has 88 heavy (non-hydrogen) atoms. The van der Waals surface area contributed by atoms with E-state index in [0.29, 0.717) is 43.0 Å². The molecule has 1 unspecified atom stereocenters. The number of allylic oxidation sites excluding steroid dienone is 1. The molecular weight excluding hydrogens is 1160 g/mol. The third-order valence-electron chi connectivity index (χ3n) is 17.6. The Morgan fingerprint density at radius 1 is 0.875 bits per heavy atom. The molecule has 0 bridgehead atoms. The second-order valence-corrected chi connectivity index (χ2v) is 26.4. The topological polar surface area (TPSA) is 250 Å². The van der Waals surface area contributed by atoms with Crippen LogP contribution in [0.5, 0.6) is 11.5 Å². The number of anilines is 2. The molecule has 5 aliphatic rings. The van der Waals surface area contributed by atoms with Gasteiger partial charge in [-0.15, -0.1) is 0 Å². The largest absolute Gasteiger partial charge is 0.455 e. The van der Waals surface area contributed by atoms with E-state index in [4.69, 9.17) is 16.3 Å². The summed E-state index contributed by atoms with van der Waals surface area (Å²) in [7, 11) is -4.63. The lowest BCUT2D eigenvalue weighted by Gasteiger charge is -2.39. The minimum Gasteiger partial charge on any atom is -0.455 e. The molecule has 4 aromatic carbocycles. The molecule has 22 heteroatoms. The number of piperidine rings is 2. The van der Waals surface area contributed by atoms with E-state index in [-0.39, 0.29) is 52.3 Å². The highest BCUT2D eigenvalue weighted by atomic mass is 35.5. The number of nitro benzene ring substituents is 1. The number of nitrogens with one attached hydrogen (secondary N) is 4. The van der Waals surface area contributed by atoms with Gasteiger partial charge < -0.3 is 24.8 Å². The molecule has 3 fully saturated rings. The molecule has 3 saturated heterocycles. The number of carbonyl (C=O) groups is 5. The van der Waals surface area contributed by atoms with E-state index in [2.05, 4.69) is 77.8 Å². The van der Waals surface area contributed by atoms with Crippen molar-refractivity contribution in [2.45, 2.75) is 102 Å². The average Bonchev–Trinajstić information content (AvgIpc) is 1.70. The number of benzene rings is 4. The smallest absolute Gasteiger partial charge is 0.293 e. The second kappa shape index (κ2) is 26.5. The number of rotatable bonds is 20. The molecule has 0 spiro atoms. The molecule has 4 N–H and O–H groups in total. The molecule has 1 aliphatic carbocycles. The molecule has 1 atom stereocenters. The SMILES string of the molecule is CC1(C)CCC(CN2CCN(c3ccc(C(=O)NS(=O)(=O)c4ccc(NCC5CCN(CCCCCCC#Cc6cccc7c6C(=O)N(C6CCC(=O)NC6=O)C7=O)CC5)c([N+](=O)[O-])c4)c(Oc4cnc5[nH]ccc5c4)c3)CC2)=C(c2ccc(Cl)cc2)C1. The Kier molecular flexibility index (Phi) is 18.4. The van der Waals surface area contributed by atoms with E-state index in [9.17, 15) is 42.5 Å². The summed E-state index contributed by atoms with van der Waals surface area (Å²) >= 11 is 6.27. The van der Waals surface area contributed by atoms with Gasteiger partial charge in [-0.1, -0.05) is 73.9 Å². The summed E-state index contributed by atoms with van der Waals surface area (Å²) in [5.41, 5.74) is 6.22. The first-order valence-electron chi connectivity index (χ1n) is 30.2. The predicted octanol–water partition coefficient (Wildman–Crippen LogP) is 10.3. The number of nitro groups is 1. The molecule has 0 saturated carbocycles. The fourth-order valence-electron chi connectivity index (χ4n) is 12.5. The van der Waals surface area contributed by atoms with Crippen LogP contribution in [0.15, 0.2) is 114 Å². The summed E-state index contributed by atoms with van der Waals surface area (Å²) in [6.07, 6.45) is 12.8. The number of halogens is 1. The van der Waals surface area contributed by atoms with Gasteiger partial charge in [0, 0.05) is 92.1 Å². The molecular formula is C66H71ClN10O10S. The standard InChI is InChI=1S/C66H71ClN10O10S/c1-66(2)27-23-47(54(39-66)44-13-15-48(67)16-14-44)42-74-32-34-75(35-33-74)49-17-19-52(58(37-49)87-50-36-46-24-28-68-61(46)70-41-50)62(79)72-88(85,86)51-18-20-55(57(38-51)77(83)84)69-40-43-25-30-73(31-26-43)29-8-6-4-3-5-7-10-45-11-9-12-53-60(45)65(82)76(64(53)81)56-21-22-59(78)71-63(56)80/h9,11-20,24,28,36-38,41,43,56,69H,3-6,8,21-23,25-27,29-35,39-40,42H2,1-2H3,(H,68,70)(H,72,79)(H,71,78,80). The maximum atomic E-state index is 14.2. The van der Waals surface area contributed by atoms with E-state index < -0.39 is 61.1 Å². The zero-order valence-corrected chi connectivity index (χ0v) is 50.9. The van der Waals surface area contributed by atoms with Gasteiger partial charge in [0.2, 0.25) is 11.8 Å². The van der Waals surface area contributed by atoms with Gasteiger partial charge in [-0.3, -0.25) is 49.2 Å². The summed E-state index contributed by atoms with van der Waals surface area (Å²) in [6.45, 7) is 11.7. The number of imide groups is 2. The van der Waals surface area contributed by atoms with Gasteiger partial charge in [-0.05, 0) is 154 Å². The Morgan fingerprint density at radius 2 is 1.66 bits per heavy atom. The highest BCUT2D eigenvalue weighted by Crippen LogP contribution is 2.44. The van der Waals surface area contributed by atoms with Crippen molar-refractivity contribution < 1.29 is 42.1 Å². The maximum Gasteiger partial charge on any atom is 0.293 e. The van der Waals surface area contributed by atoms with Crippen molar-refractivity contribution in [1.29, 1.82) is 0 Å². The first kappa shape index (κ1) is 61.2. The van der Waals surface area contributed by atoms with Crippen LogP contribution in [0.1, 0.15) is 133 Å². The lowest BCUT2D eigenvalue weighted by Crippen LogP contribution is -2.54. The van der Waals surface area contributed by atoms with E-state index in [1.807, 2.05) is 18.2 Å². The zero-order valence-electron chi connectivity index (χ0n) is 49.4. The first-order chi connectivity index (χ1) is 42.4. The summed E-state index contributed by atoms with van der Waals surface area (Å²) in [6, 6.07) is 24.3. The summed E-state index contributed by atoms with van der Waals surface area (Å²) in [5.74, 6) is 3.69. The minimum atomic E-state index is -4.63. The van der Waals surface area contributed by atoms with Crippen LogP contribution in [0.3, 0.4) is 0 Å². The summed E-state index contributed by atoms with van der Waals surface area (Å²) in [5, 5.41) is 19.4. The van der Waals surface area contributed by atoms with Crippen LogP contribution in [0.2, 0.25) is 5.02 Å². The highest BCUT2D eigenvalue weighted by Gasteiger charge is 2.45. The number of hydrogen-bond acceptors (Lipinski definition) is 15. The number of unbranched alkanes of at least 4 members (excludes halogenated alkanes) is 4. The van der Waals surface area contributed by atoms with Crippen molar-refractivity contribution in [3.05, 3.63) is 152 Å². The number of H-pyrrole nitrogens is 1. The molecule has 20 nitrogen and oxygen atoms in total. The number of aromatic amines is 1. The number of fused-ring (bicyclic) bond motifs is 2. The molecule has 4 aliphatic heterocycles. The Hall–Kier alpha value is -8.42. The third-order valence-corrected chi connectivity index (χ3v) is 19.1.